The molecule has 2 aliphatic carbocycles. The maximum atomic E-state index is 15.3. The van der Waals surface area contributed by atoms with Gasteiger partial charge in [0.15, 0.2) is 0 Å². The minimum atomic E-state index is -0.737. The van der Waals surface area contributed by atoms with Crippen LogP contribution in [-0.2, 0) is 21.5 Å². The topological polar surface area (TPSA) is 135 Å². The normalized spacial score (nSPS) is 23.3. The SMILES string of the molecule is Cc1ccc(-c2c(C)noc2C)cc1N(c1ccc(C2(C#N)CC2)cc1)C1CN(C2CC(Nc3cc4c(cc3F)CN([C@H]3CCC(=O)NC3=O)C4=O)C2)C1. The monoisotopic (exact) mass is 727 g/mol. The maximum absolute atomic E-state index is 15.3. The second kappa shape index (κ2) is 12.8. The summed E-state index contributed by atoms with van der Waals surface area (Å²) in [6, 6.07) is 20.4. The number of imide groups is 1. The first kappa shape index (κ1) is 34.2. The molecule has 4 heterocycles. The Kier molecular flexibility index (Phi) is 8.12. The van der Waals surface area contributed by atoms with Crippen LogP contribution in [0.5, 0.6) is 0 Å². The third-order valence-electron chi connectivity index (χ3n) is 12.3. The molecule has 2 N–H and O–H groups in total. The molecule has 0 radical (unpaired) electrons. The number of nitrogens with one attached hydrogen (secondary N) is 2. The first-order valence-electron chi connectivity index (χ1n) is 18.8. The summed E-state index contributed by atoms with van der Waals surface area (Å²) in [4.78, 5) is 43.8. The van der Waals surface area contributed by atoms with Crippen molar-refractivity contribution in [3.05, 3.63) is 94.1 Å². The molecule has 54 heavy (non-hydrogen) atoms. The number of aryl methyl sites for hydroxylation is 3. The van der Waals surface area contributed by atoms with Crippen molar-refractivity contribution in [2.75, 3.05) is 23.3 Å². The van der Waals surface area contributed by atoms with Crippen molar-refractivity contribution >= 4 is 34.8 Å². The number of nitriles is 1. The van der Waals surface area contributed by atoms with Crippen LogP contribution in [-0.4, -0.2) is 69.9 Å². The summed E-state index contributed by atoms with van der Waals surface area (Å²) in [5.41, 5.74) is 8.26. The van der Waals surface area contributed by atoms with Crippen molar-refractivity contribution < 1.29 is 23.3 Å². The fourth-order valence-corrected chi connectivity index (χ4v) is 8.87. The molecule has 4 fully saturated rings. The number of likely N-dealkylation sites (tertiary alicyclic amines) is 1. The van der Waals surface area contributed by atoms with Crippen molar-refractivity contribution in [2.45, 2.75) is 95.4 Å². The van der Waals surface area contributed by atoms with E-state index in [4.69, 9.17) is 4.52 Å². The van der Waals surface area contributed by atoms with E-state index >= 15 is 4.39 Å². The van der Waals surface area contributed by atoms with Gasteiger partial charge < -0.3 is 19.6 Å². The molecule has 0 unspecified atom stereocenters. The number of carbonyl (C=O) groups excluding carboxylic acids is 3. The Bertz CT molecular complexity index is 2230. The highest BCUT2D eigenvalue weighted by molar-refractivity contribution is 6.05. The van der Waals surface area contributed by atoms with E-state index in [1.807, 2.05) is 13.8 Å². The highest BCUT2D eigenvalue weighted by Gasteiger charge is 2.46. The van der Waals surface area contributed by atoms with Gasteiger partial charge in [0.05, 0.1) is 28.9 Å². The van der Waals surface area contributed by atoms with Gasteiger partial charge >= 0.3 is 0 Å². The molecule has 0 bridgehead atoms. The summed E-state index contributed by atoms with van der Waals surface area (Å²) in [6.45, 7) is 7.92. The molecule has 2 saturated heterocycles. The molecule has 12 heteroatoms. The Hall–Kier alpha value is -5.54. The van der Waals surface area contributed by atoms with E-state index in [9.17, 15) is 19.6 Å². The molecule has 9 rings (SSSR count). The van der Waals surface area contributed by atoms with Crippen LogP contribution < -0.4 is 15.5 Å². The molecule has 5 aliphatic rings. The number of hydrogen-bond acceptors (Lipinski definition) is 9. The number of anilines is 3. The number of halogens is 1. The lowest BCUT2D eigenvalue weighted by atomic mass is 9.82. The zero-order valence-electron chi connectivity index (χ0n) is 30.6. The fraction of sp³-hybridized carbons (Fsp3) is 0.405. The number of nitrogens with zero attached hydrogens (tertiary/aromatic N) is 5. The summed E-state index contributed by atoms with van der Waals surface area (Å²) in [7, 11) is 0. The minimum Gasteiger partial charge on any atom is -0.380 e. The average Bonchev–Trinajstić information content (AvgIpc) is 3.77. The van der Waals surface area contributed by atoms with Gasteiger partial charge in [0.2, 0.25) is 11.8 Å². The lowest BCUT2D eigenvalue weighted by Gasteiger charge is -2.54. The number of carbonyl (C=O) groups is 3. The fourth-order valence-electron chi connectivity index (χ4n) is 8.87. The highest BCUT2D eigenvalue weighted by Crippen LogP contribution is 2.48. The Morgan fingerprint density at radius 2 is 1.80 bits per heavy atom. The number of hydrogen-bond donors (Lipinski definition) is 2. The summed E-state index contributed by atoms with van der Waals surface area (Å²) in [5, 5.41) is 19.7. The van der Waals surface area contributed by atoms with Gasteiger partial charge in [-0.2, -0.15) is 5.26 Å². The van der Waals surface area contributed by atoms with Gasteiger partial charge in [-0.15, -0.1) is 0 Å². The summed E-state index contributed by atoms with van der Waals surface area (Å²) in [5.74, 6) is -0.774. The van der Waals surface area contributed by atoms with E-state index in [0.29, 0.717) is 22.9 Å². The molecule has 276 valence electrons. The second-order valence-electron chi connectivity index (χ2n) is 15.8. The standard InChI is InChI=1S/C42H42FN7O4/c1-23-4-5-26(39-24(2)47-54-25(39)3)15-37(23)50(30-8-6-28(7-9-30)42(22-44)12-13-42)32-20-48(21-32)31-16-29(17-31)45-35-18-33-27(14-34(35)43)19-49(41(33)53)36-10-11-38(51)46-40(36)52/h4-9,14-15,18,29,31-32,36,45H,10-13,16-17,19-21H2,1-3H3,(H,46,51,52)/t29?,31?,36-/m0/s1. The number of piperidine rings is 1. The van der Waals surface area contributed by atoms with Crippen LogP contribution in [0.1, 0.15) is 77.0 Å². The zero-order valence-corrected chi connectivity index (χ0v) is 30.6. The molecule has 1 atom stereocenters. The average molecular weight is 728 g/mol. The third-order valence-corrected chi connectivity index (χ3v) is 12.3. The van der Waals surface area contributed by atoms with Crippen molar-refractivity contribution in [1.82, 2.24) is 20.3 Å². The van der Waals surface area contributed by atoms with Crippen LogP contribution in [0.25, 0.3) is 11.1 Å². The van der Waals surface area contributed by atoms with E-state index in [1.54, 1.807) is 6.07 Å². The maximum Gasteiger partial charge on any atom is 0.255 e. The summed E-state index contributed by atoms with van der Waals surface area (Å²) >= 11 is 0. The van der Waals surface area contributed by atoms with Crippen LogP contribution in [0.15, 0.2) is 59.1 Å². The second-order valence-corrected chi connectivity index (χ2v) is 15.8. The van der Waals surface area contributed by atoms with E-state index in [0.717, 1.165) is 83.9 Å². The molecular formula is C42H42FN7O4. The van der Waals surface area contributed by atoms with Crippen LogP contribution >= 0.6 is 0 Å². The van der Waals surface area contributed by atoms with Crippen LogP contribution in [0, 0.1) is 37.9 Å². The predicted octanol–water partition coefficient (Wildman–Crippen LogP) is 6.19. The van der Waals surface area contributed by atoms with Crippen LogP contribution in [0.3, 0.4) is 0 Å². The quantitative estimate of drug-likeness (QED) is 0.194. The smallest absolute Gasteiger partial charge is 0.255 e. The zero-order chi connectivity index (χ0) is 37.5. The van der Waals surface area contributed by atoms with E-state index in [1.165, 1.54) is 11.0 Å². The molecule has 3 aliphatic heterocycles. The Labute approximate surface area is 313 Å². The van der Waals surface area contributed by atoms with Gasteiger partial charge in [0.25, 0.3) is 5.91 Å². The Balaban J connectivity index is 0.887. The highest BCUT2D eigenvalue weighted by atomic mass is 19.1. The van der Waals surface area contributed by atoms with Crippen LogP contribution in [0.2, 0.25) is 0 Å². The molecule has 4 aromatic rings. The molecule has 1 aromatic heterocycles. The van der Waals surface area contributed by atoms with Crippen molar-refractivity contribution in [1.29, 1.82) is 5.26 Å². The van der Waals surface area contributed by atoms with E-state index < -0.39 is 17.8 Å². The molecule has 2 saturated carbocycles. The van der Waals surface area contributed by atoms with Crippen molar-refractivity contribution in [3.8, 4) is 17.2 Å². The molecule has 3 amide bonds. The number of aromatic nitrogens is 1. The first-order valence-corrected chi connectivity index (χ1v) is 18.8. The number of benzene rings is 3. The minimum absolute atomic E-state index is 0.0665. The number of fused-ring (bicyclic) bond motifs is 1. The van der Waals surface area contributed by atoms with Gasteiger partial charge in [-0.25, -0.2) is 4.39 Å². The van der Waals surface area contributed by atoms with Crippen LogP contribution in [0.4, 0.5) is 21.5 Å². The van der Waals surface area contributed by atoms with E-state index in [-0.39, 0.29) is 48.7 Å². The molecule has 3 aromatic carbocycles. The van der Waals surface area contributed by atoms with E-state index in [2.05, 4.69) is 81.0 Å². The number of rotatable bonds is 9. The third kappa shape index (κ3) is 5.73. The van der Waals surface area contributed by atoms with Gasteiger partial charge in [-0.1, -0.05) is 29.4 Å². The summed E-state index contributed by atoms with van der Waals surface area (Å²) in [6.07, 6.45) is 3.95. The Morgan fingerprint density at radius 1 is 1.04 bits per heavy atom. The van der Waals surface area contributed by atoms with Gasteiger partial charge in [-0.05, 0) is 105 Å². The van der Waals surface area contributed by atoms with Crippen molar-refractivity contribution in [2.24, 2.45) is 0 Å². The summed E-state index contributed by atoms with van der Waals surface area (Å²) < 4.78 is 20.9. The van der Waals surface area contributed by atoms with Gasteiger partial charge in [0.1, 0.15) is 17.6 Å². The first-order chi connectivity index (χ1) is 26.0. The molecule has 0 spiro atoms. The largest absolute Gasteiger partial charge is 0.380 e. The van der Waals surface area contributed by atoms with Crippen molar-refractivity contribution in [3.63, 3.8) is 0 Å². The Morgan fingerprint density at radius 3 is 2.46 bits per heavy atom. The lowest BCUT2D eigenvalue weighted by Crippen LogP contribution is -2.65. The number of amides is 3. The molecular weight excluding hydrogens is 686 g/mol. The molecule has 11 nitrogen and oxygen atoms in total. The van der Waals surface area contributed by atoms with Gasteiger partial charge in [0, 0.05) is 60.6 Å². The lowest BCUT2D eigenvalue weighted by molar-refractivity contribution is -0.136. The predicted molar refractivity (Wildman–Crippen MR) is 199 cm³/mol. The van der Waals surface area contributed by atoms with Gasteiger partial charge in [-0.3, -0.25) is 24.6 Å².